The molecule has 66 valence electrons. The highest BCUT2D eigenvalue weighted by molar-refractivity contribution is 4.78. The van der Waals surface area contributed by atoms with Gasteiger partial charge in [-0.05, 0) is 32.6 Å². The van der Waals surface area contributed by atoms with Gasteiger partial charge >= 0.3 is 0 Å². The van der Waals surface area contributed by atoms with Crippen molar-refractivity contribution in [2.75, 3.05) is 0 Å². The van der Waals surface area contributed by atoms with Crippen LogP contribution in [0.5, 0.6) is 0 Å². The molecule has 0 fully saturated rings. The first kappa shape index (κ1) is 10.7. The summed E-state index contributed by atoms with van der Waals surface area (Å²) in [6.45, 7) is 6.04. The predicted octanol–water partition coefficient (Wildman–Crippen LogP) is 2.75. The van der Waals surface area contributed by atoms with E-state index in [1.165, 1.54) is 0 Å². The van der Waals surface area contributed by atoms with Crippen molar-refractivity contribution in [3.8, 4) is 0 Å². The lowest BCUT2D eigenvalue weighted by Crippen LogP contribution is -2.15. The zero-order chi connectivity index (χ0) is 8.69. The molecule has 2 atom stereocenters. The molecule has 0 aromatic carbocycles. The van der Waals surface area contributed by atoms with Crippen LogP contribution in [0.1, 0.15) is 40.0 Å². The molecule has 2 unspecified atom stereocenters. The Morgan fingerprint density at radius 2 is 2.09 bits per heavy atom. The van der Waals surface area contributed by atoms with Gasteiger partial charge in [-0.15, -0.1) is 0 Å². The Morgan fingerprint density at radius 3 is 2.45 bits per heavy atom. The molecule has 0 saturated carbocycles. The molecule has 0 amide bonds. The molecule has 11 heavy (non-hydrogen) atoms. The summed E-state index contributed by atoms with van der Waals surface area (Å²) < 4.78 is 0. The van der Waals surface area contributed by atoms with E-state index in [2.05, 4.69) is 19.1 Å². The van der Waals surface area contributed by atoms with Crippen LogP contribution in [-0.2, 0) is 0 Å². The van der Waals surface area contributed by atoms with Crippen molar-refractivity contribution in [1.29, 1.82) is 0 Å². The zero-order valence-electron chi connectivity index (χ0n) is 7.88. The summed E-state index contributed by atoms with van der Waals surface area (Å²) in [6.07, 6.45) is 7.36. The van der Waals surface area contributed by atoms with E-state index in [4.69, 9.17) is 0 Å². The summed E-state index contributed by atoms with van der Waals surface area (Å²) in [5.74, 6) is 0.478. The van der Waals surface area contributed by atoms with E-state index < -0.39 is 0 Å². The number of aliphatic hydroxyl groups excluding tert-OH is 1. The molecule has 0 aliphatic heterocycles. The van der Waals surface area contributed by atoms with Gasteiger partial charge in [0.25, 0.3) is 0 Å². The average molecular weight is 156 g/mol. The number of hydrogen-bond donors (Lipinski definition) is 1. The molecule has 0 aliphatic carbocycles. The largest absolute Gasteiger partial charge is 0.393 e. The third-order valence-corrected chi connectivity index (χ3v) is 2.15. The van der Waals surface area contributed by atoms with Crippen LogP contribution in [0.3, 0.4) is 0 Å². The molecule has 0 aliphatic rings. The summed E-state index contributed by atoms with van der Waals surface area (Å²) in [4.78, 5) is 0. The molecule has 0 aromatic rings. The maximum absolute atomic E-state index is 9.29. The van der Waals surface area contributed by atoms with Crippen molar-refractivity contribution < 1.29 is 5.11 Å². The summed E-state index contributed by atoms with van der Waals surface area (Å²) in [5.41, 5.74) is 0. The fourth-order valence-corrected chi connectivity index (χ4v) is 1.26. The van der Waals surface area contributed by atoms with E-state index in [-0.39, 0.29) is 6.10 Å². The van der Waals surface area contributed by atoms with Crippen molar-refractivity contribution in [1.82, 2.24) is 0 Å². The molecule has 0 bridgehead atoms. The first-order valence-electron chi connectivity index (χ1n) is 4.51. The first-order valence-corrected chi connectivity index (χ1v) is 4.51. The van der Waals surface area contributed by atoms with Crippen molar-refractivity contribution in [3.05, 3.63) is 12.2 Å². The summed E-state index contributed by atoms with van der Waals surface area (Å²) in [5, 5.41) is 9.29. The molecule has 0 heterocycles. The highest BCUT2D eigenvalue weighted by Crippen LogP contribution is 2.15. The summed E-state index contributed by atoms with van der Waals surface area (Å²) in [6, 6.07) is 0. The van der Waals surface area contributed by atoms with E-state index in [1.54, 1.807) is 0 Å². The van der Waals surface area contributed by atoms with Gasteiger partial charge in [0.15, 0.2) is 0 Å². The Bertz CT molecular complexity index is 105. The Hall–Kier alpha value is -0.300. The minimum absolute atomic E-state index is 0.148. The Balaban J connectivity index is 3.52. The van der Waals surface area contributed by atoms with Gasteiger partial charge < -0.3 is 5.11 Å². The lowest BCUT2D eigenvalue weighted by molar-refractivity contribution is 0.118. The first-order chi connectivity index (χ1) is 5.22. The van der Waals surface area contributed by atoms with Crippen LogP contribution < -0.4 is 0 Å². The average Bonchev–Trinajstić information content (AvgIpc) is 1.97. The van der Waals surface area contributed by atoms with Gasteiger partial charge in [0.2, 0.25) is 0 Å². The molecule has 1 heteroatoms. The normalized spacial score (nSPS) is 17.1. The third-order valence-electron chi connectivity index (χ3n) is 2.15. The number of hydrogen-bond acceptors (Lipinski definition) is 1. The maximum Gasteiger partial charge on any atom is 0.0540 e. The fraction of sp³-hybridized carbons (Fsp3) is 0.800. The van der Waals surface area contributed by atoms with Crippen LogP contribution in [0.15, 0.2) is 12.2 Å². The monoisotopic (exact) mass is 156 g/mol. The molecule has 0 spiro atoms. The Kier molecular flexibility index (Phi) is 6.24. The highest BCUT2D eigenvalue weighted by Gasteiger charge is 2.10. The van der Waals surface area contributed by atoms with Crippen molar-refractivity contribution in [2.45, 2.75) is 46.1 Å². The summed E-state index contributed by atoms with van der Waals surface area (Å²) in [7, 11) is 0. The van der Waals surface area contributed by atoms with Gasteiger partial charge in [-0.1, -0.05) is 25.5 Å². The standard InChI is InChI=1S/C10H20O/c1-4-6-7-8-10(5-2)9(3)11/h4,6,9-11H,5,7-8H2,1-3H3. The van der Waals surface area contributed by atoms with Gasteiger partial charge in [0.05, 0.1) is 6.10 Å². The summed E-state index contributed by atoms with van der Waals surface area (Å²) >= 11 is 0. The van der Waals surface area contributed by atoms with E-state index in [1.807, 2.05) is 13.8 Å². The van der Waals surface area contributed by atoms with Gasteiger partial charge in [-0.25, -0.2) is 0 Å². The van der Waals surface area contributed by atoms with Gasteiger partial charge in [-0.2, -0.15) is 0 Å². The van der Waals surface area contributed by atoms with Crippen LogP contribution >= 0.6 is 0 Å². The van der Waals surface area contributed by atoms with Crippen LogP contribution in [0.25, 0.3) is 0 Å². The minimum Gasteiger partial charge on any atom is -0.393 e. The highest BCUT2D eigenvalue weighted by atomic mass is 16.3. The third kappa shape index (κ3) is 5.02. The SMILES string of the molecule is CC=CCCC(CC)C(C)O. The van der Waals surface area contributed by atoms with E-state index in [0.717, 1.165) is 19.3 Å². The second-order valence-corrected chi connectivity index (χ2v) is 3.06. The smallest absolute Gasteiger partial charge is 0.0540 e. The molecule has 1 nitrogen and oxygen atoms in total. The predicted molar refractivity (Wildman–Crippen MR) is 49.5 cm³/mol. The topological polar surface area (TPSA) is 20.2 Å². The molecule has 0 aromatic heterocycles. The molecule has 0 saturated heterocycles. The van der Waals surface area contributed by atoms with E-state index in [0.29, 0.717) is 5.92 Å². The Morgan fingerprint density at radius 1 is 1.45 bits per heavy atom. The lowest BCUT2D eigenvalue weighted by Gasteiger charge is -2.16. The minimum atomic E-state index is -0.148. The number of rotatable bonds is 5. The second-order valence-electron chi connectivity index (χ2n) is 3.06. The van der Waals surface area contributed by atoms with E-state index in [9.17, 15) is 5.11 Å². The van der Waals surface area contributed by atoms with Crippen LogP contribution in [-0.4, -0.2) is 11.2 Å². The van der Waals surface area contributed by atoms with Gasteiger partial charge in [0.1, 0.15) is 0 Å². The van der Waals surface area contributed by atoms with E-state index >= 15 is 0 Å². The van der Waals surface area contributed by atoms with Crippen LogP contribution in [0.4, 0.5) is 0 Å². The van der Waals surface area contributed by atoms with Crippen LogP contribution in [0, 0.1) is 5.92 Å². The quantitative estimate of drug-likeness (QED) is 0.607. The lowest BCUT2D eigenvalue weighted by atomic mass is 9.95. The van der Waals surface area contributed by atoms with Crippen molar-refractivity contribution in [2.24, 2.45) is 5.92 Å². The molecule has 0 radical (unpaired) electrons. The molecule has 1 N–H and O–H groups in total. The van der Waals surface area contributed by atoms with Gasteiger partial charge in [0, 0.05) is 0 Å². The van der Waals surface area contributed by atoms with Crippen molar-refractivity contribution >= 4 is 0 Å². The second kappa shape index (κ2) is 6.41. The maximum atomic E-state index is 9.29. The number of aliphatic hydroxyl groups is 1. The zero-order valence-corrected chi connectivity index (χ0v) is 7.88. The molecule has 0 rings (SSSR count). The molecular formula is C10H20O. The fourth-order valence-electron chi connectivity index (χ4n) is 1.26. The Labute approximate surface area is 70.1 Å². The molecular weight excluding hydrogens is 136 g/mol. The number of allylic oxidation sites excluding steroid dienone is 2. The van der Waals surface area contributed by atoms with Crippen molar-refractivity contribution in [3.63, 3.8) is 0 Å². The van der Waals surface area contributed by atoms with Crippen LogP contribution in [0.2, 0.25) is 0 Å². The van der Waals surface area contributed by atoms with Gasteiger partial charge in [-0.3, -0.25) is 0 Å².